The monoisotopic (exact) mass is 295 g/mol. The quantitative estimate of drug-likeness (QED) is 0.503. The molecule has 0 radical (unpaired) electrons. The average Bonchev–Trinajstić information content (AvgIpc) is 2.43. The third-order valence-corrected chi connectivity index (χ3v) is 4.06. The zero-order chi connectivity index (χ0) is 14.6. The molecular formula is C18H30ClN. The molecule has 0 bridgehead atoms. The first-order valence-corrected chi connectivity index (χ1v) is 8.57. The van der Waals surface area contributed by atoms with Gasteiger partial charge in [0.05, 0.1) is 0 Å². The van der Waals surface area contributed by atoms with Crippen LogP contribution >= 0.6 is 11.6 Å². The second-order valence-electron chi connectivity index (χ2n) is 5.72. The number of hydrogen-bond donors (Lipinski definition) is 1. The van der Waals surface area contributed by atoms with Gasteiger partial charge < -0.3 is 5.32 Å². The van der Waals surface area contributed by atoms with Crippen molar-refractivity contribution in [1.82, 2.24) is 5.32 Å². The van der Waals surface area contributed by atoms with Gasteiger partial charge in [-0.2, -0.15) is 0 Å². The van der Waals surface area contributed by atoms with E-state index in [2.05, 4.69) is 25.2 Å². The van der Waals surface area contributed by atoms with Crippen molar-refractivity contribution in [2.24, 2.45) is 0 Å². The Morgan fingerprint density at radius 3 is 2.25 bits per heavy atom. The van der Waals surface area contributed by atoms with E-state index in [-0.39, 0.29) is 0 Å². The summed E-state index contributed by atoms with van der Waals surface area (Å²) in [6, 6.07) is 6.13. The molecule has 1 nitrogen and oxygen atoms in total. The van der Waals surface area contributed by atoms with E-state index in [9.17, 15) is 0 Å². The standard InChI is InChI=1S/C18H30ClN/c1-3-4-5-6-7-8-9-10-13-20-15-17-11-12-18(19)14-16(17)2/h11-12,14,20H,3-10,13,15H2,1-2H3. The molecule has 0 aliphatic carbocycles. The van der Waals surface area contributed by atoms with Crippen LogP contribution in [0.15, 0.2) is 18.2 Å². The summed E-state index contributed by atoms with van der Waals surface area (Å²) in [5.41, 5.74) is 2.63. The van der Waals surface area contributed by atoms with Crippen LogP contribution in [0.3, 0.4) is 0 Å². The fourth-order valence-corrected chi connectivity index (χ4v) is 2.69. The number of hydrogen-bond acceptors (Lipinski definition) is 1. The van der Waals surface area contributed by atoms with Crippen LogP contribution in [0.4, 0.5) is 0 Å². The highest BCUT2D eigenvalue weighted by atomic mass is 35.5. The van der Waals surface area contributed by atoms with Gasteiger partial charge in [0.1, 0.15) is 0 Å². The van der Waals surface area contributed by atoms with Crippen molar-refractivity contribution < 1.29 is 0 Å². The lowest BCUT2D eigenvalue weighted by atomic mass is 10.1. The fraction of sp³-hybridized carbons (Fsp3) is 0.667. The summed E-state index contributed by atoms with van der Waals surface area (Å²) >= 11 is 5.96. The van der Waals surface area contributed by atoms with Gasteiger partial charge in [-0.1, -0.05) is 69.5 Å². The minimum atomic E-state index is 0.828. The summed E-state index contributed by atoms with van der Waals surface area (Å²) in [5, 5.41) is 4.36. The van der Waals surface area contributed by atoms with Gasteiger partial charge in [0.25, 0.3) is 0 Å². The molecule has 0 aliphatic heterocycles. The third kappa shape index (κ3) is 7.91. The highest BCUT2D eigenvalue weighted by Crippen LogP contribution is 2.15. The Kier molecular flexibility index (Phi) is 9.78. The summed E-state index contributed by atoms with van der Waals surface area (Å²) in [6.45, 7) is 6.48. The van der Waals surface area contributed by atoms with Gasteiger partial charge in [-0.3, -0.25) is 0 Å². The molecule has 0 amide bonds. The molecule has 20 heavy (non-hydrogen) atoms. The molecule has 0 fully saturated rings. The van der Waals surface area contributed by atoms with E-state index in [0.717, 1.165) is 18.1 Å². The van der Waals surface area contributed by atoms with E-state index in [1.165, 1.54) is 62.5 Å². The van der Waals surface area contributed by atoms with Crippen molar-refractivity contribution in [3.63, 3.8) is 0 Å². The molecule has 114 valence electrons. The number of rotatable bonds is 11. The summed E-state index contributed by atoms with van der Waals surface area (Å²) in [5.74, 6) is 0. The number of nitrogens with one attached hydrogen (secondary N) is 1. The summed E-state index contributed by atoms with van der Waals surface area (Å²) in [4.78, 5) is 0. The molecule has 0 atom stereocenters. The molecule has 2 heteroatoms. The van der Waals surface area contributed by atoms with Crippen LogP contribution in [-0.2, 0) is 6.54 Å². The molecule has 1 aromatic rings. The van der Waals surface area contributed by atoms with Gasteiger partial charge in [0.15, 0.2) is 0 Å². The average molecular weight is 296 g/mol. The lowest BCUT2D eigenvalue weighted by Gasteiger charge is -2.08. The minimum absolute atomic E-state index is 0.828. The molecular weight excluding hydrogens is 266 g/mol. The van der Waals surface area contributed by atoms with E-state index in [1.54, 1.807) is 0 Å². The van der Waals surface area contributed by atoms with Crippen LogP contribution in [0.2, 0.25) is 5.02 Å². The molecule has 0 spiro atoms. The van der Waals surface area contributed by atoms with Crippen molar-refractivity contribution in [1.29, 1.82) is 0 Å². The van der Waals surface area contributed by atoms with Gasteiger partial charge in [-0.05, 0) is 43.1 Å². The van der Waals surface area contributed by atoms with Gasteiger partial charge >= 0.3 is 0 Å². The van der Waals surface area contributed by atoms with E-state index >= 15 is 0 Å². The highest BCUT2D eigenvalue weighted by Gasteiger charge is 1.98. The zero-order valence-corrected chi connectivity index (χ0v) is 13.9. The first-order chi connectivity index (χ1) is 9.74. The van der Waals surface area contributed by atoms with Crippen LogP contribution in [0, 0.1) is 6.92 Å². The van der Waals surface area contributed by atoms with Gasteiger partial charge in [-0.15, -0.1) is 0 Å². The molecule has 0 heterocycles. The number of halogens is 1. The Morgan fingerprint density at radius 1 is 0.950 bits per heavy atom. The fourth-order valence-electron chi connectivity index (χ4n) is 2.46. The van der Waals surface area contributed by atoms with E-state index in [1.807, 2.05) is 12.1 Å². The molecule has 1 rings (SSSR count). The number of aryl methyl sites for hydroxylation is 1. The smallest absolute Gasteiger partial charge is 0.0408 e. The van der Waals surface area contributed by atoms with Gasteiger partial charge in [-0.25, -0.2) is 0 Å². The Labute approximate surface area is 130 Å². The topological polar surface area (TPSA) is 12.0 Å². The predicted octanol–water partition coefficient (Wildman–Crippen LogP) is 5.88. The predicted molar refractivity (Wildman–Crippen MR) is 90.5 cm³/mol. The minimum Gasteiger partial charge on any atom is -0.313 e. The Morgan fingerprint density at radius 2 is 1.60 bits per heavy atom. The lowest BCUT2D eigenvalue weighted by Crippen LogP contribution is -2.15. The molecule has 1 aromatic carbocycles. The van der Waals surface area contributed by atoms with E-state index < -0.39 is 0 Å². The second kappa shape index (κ2) is 11.2. The zero-order valence-electron chi connectivity index (χ0n) is 13.2. The maximum absolute atomic E-state index is 5.96. The number of benzene rings is 1. The van der Waals surface area contributed by atoms with Crippen molar-refractivity contribution in [2.75, 3.05) is 6.54 Å². The van der Waals surface area contributed by atoms with E-state index in [0.29, 0.717) is 0 Å². The first kappa shape index (κ1) is 17.5. The Bertz CT molecular complexity index is 362. The summed E-state index contributed by atoms with van der Waals surface area (Å²) in [6.07, 6.45) is 11.0. The molecule has 0 aromatic heterocycles. The molecule has 0 saturated heterocycles. The number of unbranched alkanes of at least 4 members (excludes halogenated alkanes) is 7. The largest absolute Gasteiger partial charge is 0.313 e. The molecule has 0 unspecified atom stereocenters. The van der Waals surface area contributed by atoms with Crippen LogP contribution in [0.25, 0.3) is 0 Å². The summed E-state index contributed by atoms with van der Waals surface area (Å²) in [7, 11) is 0. The van der Waals surface area contributed by atoms with Crippen molar-refractivity contribution in [3.05, 3.63) is 34.3 Å². The lowest BCUT2D eigenvalue weighted by molar-refractivity contribution is 0.555. The van der Waals surface area contributed by atoms with E-state index in [4.69, 9.17) is 11.6 Å². The normalized spacial score (nSPS) is 10.9. The molecule has 1 N–H and O–H groups in total. The maximum atomic E-state index is 5.96. The highest BCUT2D eigenvalue weighted by molar-refractivity contribution is 6.30. The SMILES string of the molecule is CCCCCCCCCCNCc1ccc(Cl)cc1C. The summed E-state index contributed by atoms with van der Waals surface area (Å²) < 4.78 is 0. The van der Waals surface area contributed by atoms with Crippen LogP contribution in [0.1, 0.15) is 69.4 Å². The van der Waals surface area contributed by atoms with Crippen molar-refractivity contribution >= 4 is 11.6 Å². The van der Waals surface area contributed by atoms with Crippen LogP contribution < -0.4 is 5.32 Å². The molecule has 0 aliphatic rings. The van der Waals surface area contributed by atoms with Crippen molar-refractivity contribution in [2.45, 2.75) is 71.8 Å². The second-order valence-corrected chi connectivity index (χ2v) is 6.16. The van der Waals surface area contributed by atoms with Gasteiger partial charge in [0, 0.05) is 11.6 Å². The Hall–Kier alpha value is -0.530. The van der Waals surface area contributed by atoms with Crippen LogP contribution in [0.5, 0.6) is 0 Å². The first-order valence-electron chi connectivity index (χ1n) is 8.19. The Balaban J connectivity index is 1.97. The third-order valence-electron chi connectivity index (χ3n) is 3.83. The molecule has 0 saturated carbocycles. The van der Waals surface area contributed by atoms with Gasteiger partial charge in [0.2, 0.25) is 0 Å². The van der Waals surface area contributed by atoms with Crippen LogP contribution in [-0.4, -0.2) is 6.54 Å². The van der Waals surface area contributed by atoms with Crippen molar-refractivity contribution in [3.8, 4) is 0 Å². The maximum Gasteiger partial charge on any atom is 0.0408 e.